The first-order valence-electron chi connectivity index (χ1n) is 4.93. The number of ether oxygens (including phenoxy) is 2. The third-order valence-electron chi connectivity index (χ3n) is 1.81. The Labute approximate surface area is 93.2 Å². The number of nitrogen functional groups attached to an aromatic ring is 1. The molecule has 0 aliphatic rings. The first-order chi connectivity index (χ1) is 7.74. The van der Waals surface area contributed by atoms with Crippen LogP contribution in [-0.4, -0.2) is 25.9 Å². The van der Waals surface area contributed by atoms with Crippen LogP contribution >= 0.6 is 0 Å². The van der Waals surface area contributed by atoms with E-state index in [1.165, 1.54) is 0 Å². The number of hydrogen-bond donors (Lipinski definition) is 1. The molecule has 0 aliphatic carbocycles. The van der Waals surface area contributed by atoms with E-state index in [4.69, 9.17) is 15.2 Å². The Bertz CT molecular complexity index is 344. The Morgan fingerprint density at radius 1 is 1.38 bits per heavy atom. The lowest BCUT2D eigenvalue weighted by Gasteiger charge is -2.08. The predicted octanol–water partition coefficient (Wildman–Crippen LogP) is 1.55. The zero-order valence-corrected chi connectivity index (χ0v) is 8.82. The number of benzene rings is 1. The summed E-state index contributed by atoms with van der Waals surface area (Å²) in [6, 6.07) is 6.84. The molecule has 0 aromatic heterocycles. The van der Waals surface area contributed by atoms with E-state index in [0.29, 0.717) is 11.4 Å². The normalized spacial score (nSPS) is 9.81. The lowest BCUT2D eigenvalue weighted by atomic mass is 10.3. The molecule has 88 valence electrons. The molecule has 16 heavy (non-hydrogen) atoms. The van der Waals surface area contributed by atoms with Crippen LogP contribution in [0.15, 0.2) is 24.3 Å². The van der Waals surface area contributed by atoms with Gasteiger partial charge in [0.1, 0.15) is 5.75 Å². The largest absolute Gasteiger partial charge is 0.480 e. The molecule has 0 radical (unpaired) electrons. The van der Waals surface area contributed by atoms with Gasteiger partial charge in [-0.15, -0.1) is 0 Å². The van der Waals surface area contributed by atoms with Crippen molar-refractivity contribution in [1.82, 2.24) is 0 Å². The Balaban J connectivity index is 2.29. The van der Waals surface area contributed by atoms with Crippen molar-refractivity contribution < 1.29 is 18.7 Å². The summed E-state index contributed by atoms with van der Waals surface area (Å²) >= 11 is 0. The molecule has 0 atom stereocenters. The minimum atomic E-state index is -0.531. The SMILES string of the molecule is Nc1ccccc1OCC(=O)OCCCF. The lowest BCUT2D eigenvalue weighted by molar-refractivity contribution is -0.146. The fraction of sp³-hybridized carbons (Fsp3) is 0.364. The molecule has 0 aliphatic heterocycles. The van der Waals surface area contributed by atoms with Crippen molar-refractivity contribution in [2.45, 2.75) is 6.42 Å². The number of esters is 1. The van der Waals surface area contributed by atoms with Gasteiger partial charge in [0.15, 0.2) is 6.61 Å². The molecule has 0 saturated carbocycles. The average molecular weight is 227 g/mol. The average Bonchev–Trinajstić information content (AvgIpc) is 2.28. The quantitative estimate of drug-likeness (QED) is 0.455. The minimum absolute atomic E-state index is 0.0724. The Hall–Kier alpha value is -1.78. The molecular weight excluding hydrogens is 213 g/mol. The standard InChI is InChI=1S/C11H14FNO3/c12-6-3-7-15-11(14)8-16-10-5-2-1-4-9(10)13/h1-2,4-5H,3,6-8,13H2. The van der Waals surface area contributed by atoms with Crippen LogP contribution in [0.25, 0.3) is 0 Å². The van der Waals surface area contributed by atoms with Gasteiger partial charge in [-0.05, 0) is 12.1 Å². The van der Waals surface area contributed by atoms with E-state index in [0.717, 1.165) is 0 Å². The molecule has 1 rings (SSSR count). The van der Waals surface area contributed by atoms with Crippen molar-refractivity contribution in [2.24, 2.45) is 0 Å². The highest BCUT2D eigenvalue weighted by Gasteiger charge is 2.05. The van der Waals surface area contributed by atoms with Crippen molar-refractivity contribution in [1.29, 1.82) is 0 Å². The number of carbonyl (C=O) groups excluding carboxylic acids is 1. The second-order valence-electron chi connectivity index (χ2n) is 3.09. The molecule has 1 aromatic rings. The van der Waals surface area contributed by atoms with Crippen molar-refractivity contribution in [3.63, 3.8) is 0 Å². The van der Waals surface area contributed by atoms with Crippen LogP contribution in [0.5, 0.6) is 5.75 Å². The molecule has 0 fully saturated rings. The third kappa shape index (κ3) is 4.16. The Morgan fingerprint density at radius 3 is 2.81 bits per heavy atom. The maximum absolute atomic E-state index is 11.7. The molecule has 2 N–H and O–H groups in total. The minimum Gasteiger partial charge on any atom is -0.480 e. The van der Waals surface area contributed by atoms with Gasteiger partial charge in [-0.2, -0.15) is 0 Å². The molecule has 0 spiro atoms. The molecule has 0 unspecified atom stereocenters. The van der Waals surface area contributed by atoms with Gasteiger partial charge >= 0.3 is 5.97 Å². The zero-order valence-electron chi connectivity index (χ0n) is 8.82. The van der Waals surface area contributed by atoms with Gasteiger partial charge in [0.05, 0.1) is 19.0 Å². The molecule has 0 heterocycles. The fourth-order valence-corrected chi connectivity index (χ4v) is 1.03. The number of halogens is 1. The Kier molecular flexibility index (Phi) is 5.11. The van der Waals surface area contributed by atoms with Gasteiger partial charge in [-0.3, -0.25) is 4.39 Å². The van der Waals surface area contributed by atoms with Crippen LogP contribution in [0, 0.1) is 0 Å². The van der Waals surface area contributed by atoms with E-state index in [-0.39, 0.29) is 19.6 Å². The van der Waals surface area contributed by atoms with Crippen molar-refractivity contribution >= 4 is 11.7 Å². The number of rotatable bonds is 6. The van der Waals surface area contributed by atoms with Gasteiger partial charge in [-0.25, -0.2) is 4.79 Å². The summed E-state index contributed by atoms with van der Waals surface area (Å²) < 4.78 is 21.5. The van der Waals surface area contributed by atoms with E-state index in [9.17, 15) is 9.18 Å². The second-order valence-corrected chi connectivity index (χ2v) is 3.09. The number of para-hydroxylation sites is 2. The van der Waals surface area contributed by atoms with Gasteiger partial charge in [0.25, 0.3) is 0 Å². The summed E-state index contributed by atoms with van der Waals surface area (Å²) in [7, 11) is 0. The monoisotopic (exact) mass is 227 g/mol. The predicted molar refractivity (Wildman–Crippen MR) is 57.9 cm³/mol. The summed E-state index contributed by atoms with van der Waals surface area (Å²) in [5, 5.41) is 0. The lowest BCUT2D eigenvalue weighted by Crippen LogP contribution is -2.16. The maximum atomic E-state index is 11.7. The smallest absolute Gasteiger partial charge is 0.344 e. The van der Waals surface area contributed by atoms with Crippen LogP contribution in [0.1, 0.15) is 6.42 Å². The Morgan fingerprint density at radius 2 is 2.12 bits per heavy atom. The van der Waals surface area contributed by atoms with Crippen LogP contribution in [-0.2, 0) is 9.53 Å². The second kappa shape index (κ2) is 6.66. The first-order valence-corrected chi connectivity index (χ1v) is 4.93. The molecule has 0 amide bonds. The summed E-state index contributed by atoms with van der Waals surface area (Å²) in [5.41, 5.74) is 6.06. The fourth-order valence-electron chi connectivity index (χ4n) is 1.03. The molecule has 0 bridgehead atoms. The summed E-state index contributed by atoms with van der Waals surface area (Å²) in [6.07, 6.45) is 0.208. The summed E-state index contributed by atoms with van der Waals surface area (Å²) in [5.74, 6) is -0.0957. The number of carbonyl (C=O) groups is 1. The third-order valence-corrected chi connectivity index (χ3v) is 1.81. The van der Waals surface area contributed by atoms with E-state index < -0.39 is 12.6 Å². The maximum Gasteiger partial charge on any atom is 0.344 e. The zero-order chi connectivity index (χ0) is 11.8. The number of alkyl halides is 1. The van der Waals surface area contributed by atoms with Gasteiger partial charge in [0.2, 0.25) is 0 Å². The van der Waals surface area contributed by atoms with Crippen LogP contribution < -0.4 is 10.5 Å². The van der Waals surface area contributed by atoms with Gasteiger partial charge in [-0.1, -0.05) is 12.1 Å². The molecule has 1 aromatic carbocycles. The van der Waals surface area contributed by atoms with Gasteiger partial charge < -0.3 is 15.2 Å². The van der Waals surface area contributed by atoms with Crippen LogP contribution in [0.4, 0.5) is 10.1 Å². The van der Waals surface area contributed by atoms with E-state index in [1.807, 2.05) is 0 Å². The van der Waals surface area contributed by atoms with Crippen molar-refractivity contribution in [2.75, 3.05) is 25.6 Å². The van der Waals surface area contributed by atoms with E-state index >= 15 is 0 Å². The summed E-state index contributed by atoms with van der Waals surface area (Å²) in [4.78, 5) is 11.1. The van der Waals surface area contributed by atoms with E-state index in [2.05, 4.69) is 0 Å². The molecular formula is C11H14FNO3. The van der Waals surface area contributed by atoms with E-state index in [1.54, 1.807) is 24.3 Å². The topological polar surface area (TPSA) is 61.5 Å². The molecule has 5 heteroatoms. The van der Waals surface area contributed by atoms with Crippen molar-refractivity contribution in [3.8, 4) is 5.75 Å². The highest BCUT2D eigenvalue weighted by atomic mass is 19.1. The van der Waals surface area contributed by atoms with Crippen LogP contribution in [0.2, 0.25) is 0 Å². The highest BCUT2D eigenvalue weighted by Crippen LogP contribution is 2.19. The highest BCUT2D eigenvalue weighted by molar-refractivity contribution is 5.71. The van der Waals surface area contributed by atoms with Gasteiger partial charge in [0, 0.05) is 6.42 Å². The van der Waals surface area contributed by atoms with Crippen molar-refractivity contribution in [3.05, 3.63) is 24.3 Å². The molecule has 0 saturated heterocycles. The molecule has 4 nitrogen and oxygen atoms in total. The van der Waals surface area contributed by atoms with Crippen LogP contribution in [0.3, 0.4) is 0 Å². The summed E-state index contributed by atoms with van der Waals surface area (Å²) in [6.45, 7) is -0.650. The number of nitrogens with two attached hydrogens (primary N) is 1. The number of anilines is 1. The first kappa shape index (κ1) is 12.3. The number of hydrogen-bond acceptors (Lipinski definition) is 4.